The summed E-state index contributed by atoms with van der Waals surface area (Å²) in [4.78, 5) is 16.0. The predicted octanol–water partition coefficient (Wildman–Crippen LogP) is 2.08. The maximum Gasteiger partial charge on any atom is 0.223 e. The van der Waals surface area contributed by atoms with E-state index in [1.165, 1.54) is 6.42 Å². The van der Waals surface area contributed by atoms with Crippen LogP contribution in [0.5, 0.6) is 0 Å². The minimum absolute atomic E-state index is 0.236. The van der Waals surface area contributed by atoms with Crippen molar-refractivity contribution in [3.8, 4) is 0 Å². The summed E-state index contributed by atoms with van der Waals surface area (Å²) in [7, 11) is 0. The molecule has 1 amide bonds. The van der Waals surface area contributed by atoms with Crippen LogP contribution in [0.4, 0.5) is 11.5 Å². The number of nitrogen functional groups attached to an aromatic ring is 1. The highest BCUT2D eigenvalue weighted by molar-refractivity contribution is 5.79. The van der Waals surface area contributed by atoms with Crippen LogP contribution in [-0.4, -0.2) is 24.0 Å². The average molecular weight is 276 g/mol. The van der Waals surface area contributed by atoms with Crippen molar-refractivity contribution in [2.24, 2.45) is 5.92 Å². The Balaban J connectivity index is 1.54. The molecule has 1 fully saturated rings. The van der Waals surface area contributed by atoms with Crippen LogP contribution in [0.3, 0.4) is 0 Å². The molecule has 2 rings (SSSR count). The van der Waals surface area contributed by atoms with Gasteiger partial charge in [-0.05, 0) is 44.7 Å². The van der Waals surface area contributed by atoms with Gasteiger partial charge in [0.05, 0.1) is 11.4 Å². The van der Waals surface area contributed by atoms with E-state index in [0.717, 1.165) is 50.3 Å². The number of hydrogen-bond donors (Lipinski definition) is 3. The lowest BCUT2D eigenvalue weighted by atomic mass is 9.85. The number of nitrogens with zero attached hydrogens (tertiary/aromatic N) is 1. The van der Waals surface area contributed by atoms with Crippen LogP contribution in [0.2, 0.25) is 0 Å². The van der Waals surface area contributed by atoms with E-state index >= 15 is 0 Å². The summed E-state index contributed by atoms with van der Waals surface area (Å²) >= 11 is 0. The van der Waals surface area contributed by atoms with E-state index in [0.29, 0.717) is 5.69 Å². The van der Waals surface area contributed by atoms with Crippen LogP contribution in [0.25, 0.3) is 0 Å². The molecule has 1 heterocycles. The lowest BCUT2D eigenvalue weighted by molar-refractivity contribution is -0.127. The van der Waals surface area contributed by atoms with Crippen molar-refractivity contribution in [3.63, 3.8) is 0 Å². The zero-order valence-corrected chi connectivity index (χ0v) is 12.1. The van der Waals surface area contributed by atoms with Crippen LogP contribution in [-0.2, 0) is 4.79 Å². The van der Waals surface area contributed by atoms with Gasteiger partial charge in [0.2, 0.25) is 5.91 Å². The van der Waals surface area contributed by atoms with Gasteiger partial charge in [0.15, 0.2) is 0 Å². The van der Waals surface area contributed by atoms with Gasteiger partial charge in [0.1, 0.15) is 5.82 Å². The second-order valence-electron chi connectivity index (χ2n) is 5.42. The molecule has 0 atom stereocenters. The molecule has 1 aliphatic rings. The normalized spacial score (nSPS) is 14.7. The van der Waals surface area contributed by atoms with Crippen molar-refractivity contribution in [2.75, 3.05) is 24.1 Å². The zero-order chi connectivity index (χ0) is 14.4. The van der Waals surface area contributed by atoms with Gasteiger partial charge >= 0.3 is 0 Å². The number of aryl methyl sites for hydroxylation is 1. The number of nitrogens with one attached hydrogen (secondary N) is 2. The third kappa shape index (κ3) is 4.11. The van der Waals surface area contributed by atoms with Gasteiger partial charge in [0.25, 0.3) is 0 Å². The number of amides is 1. The van der Waals surface area contributed by atoms with E-state index in [9.17, 15) is 4.79 Å². The van der Waals surface area contributed by atoms with Crippen LogP contribution in [0.1, 0.15) is 37.8 Å². The second-order valence-corrected chi connectivity index (χ2v) is 5.42. The van der Waals surface area contributed by atoms with Crippen molar-refractivity contribution in [2.45, 2.75) is 39.0 Å². The molecule has 1 saturated carbocycles. The Morgan fingerprint density at radius 3 is 2.75 bits per heavy atom. The molecule has 0 aromatic carbocycles. The molecule has 1 aromatic rings. The number of pyridine rings is 1. The first-order chi connectivity index (χ1) is 9.66. The first-order valence-corrected chi connectivity index (χ1v) is 7.41. The van der Waals surface area contributed by atoms with Crippen molar-refractivity contribution in [1.29, 1.82) is 0 Å². The molecule has 0 saturated heterocycles. The molecule has 5 heteroatoms. The summed E-state index contributed by atoms with van der Waals surface area (Å²) in [5.74, 6) is 1.38. The van der Waals surface area contributed by atoms with Gasteiger partial charge in [-0.15, -0.1) is 0 Å². The minimum Gasteiger partial charge on any atom is -0.397 e. The second kappa shape index (κ2) is 7.12. The van der Waals surface area contributed by atoms with E-state index in [1.807, 2.05) is 19.1 Å². The predicted molar refractivity (Wildman–Crippen MR) is 81.5 cm³/mol. The number of carbonyl (C=O) groups is 1. The van der Waals surface area contributed by atoms with E-state index in [-0.39, 0.29) is 11.8 Å². The first-order valence-electron chi connectivity index (χ1n) is 7.41. The molecule has 1 aromatic heterocycles. The molecule has 0 spiro atoms. The largest absolute Gasteiger partial charge is 0.397 e. The molecule has 5 nitrogen and oxygen atoms in total. The summed E-state index contributed by atoms with van der Waals surface area (Å²) in [6.07, 6.45) is 5.33. The number of rotatable bonds is 7. The third-order valence-corrected chi connectivity index (χ3v) is 3.81. The summed E-state index contributed by atoms with van der Waals surface area (Å²) in [5.41, 5.74) is 7.29. The maximum absolute atomic E-state index is 11.6. The quantitative estimate of drug-likeness (QED) is 0.666. The molecule has 1 aliphatic carbocycles. The Hall–Kier alpha value is -1.78. The number of nitrogens with two attached hydrogens (primary N) is 1. The van der Waals surface area contributed by atoms with Gasteiger partial charge < -0.3 is 16.4 Å². The van der Waals surface area contributed by atoms with E-state index in [2.05, 4.69) is 15.6 Å². The fraction of sp³-hybridized carbons (Fsp3) is 0.600. The number of unbranched alkanes of at least 4 members (excludes halogenated alkanes) is 1. The molecule has 4 N–H and O–H groups in total. The molecular weight excluding hydrogens is 252 g/mol. The van der Waals surface area contributed by atoms with Gasteiger partial charge in [-0.25, -0.2) is 4.98 Å². The van der Waals surface area contributed by atoms with Gasteiger partial charge in [-0.1, -0.05) is 6.42 Å². The Morgan fingerprint density at radius 2 is 2.10 bits per heavy atom. The van der Waals surface area contributed by atoms with Gasteiger partial charge in [-0.2, -0.15) is 0 Å². The fourth-order valence-electron chi connectivity index (χ4n) is 2.16. The van der Waals surface area contributed by atoms with Crippen LogP contribution < -0.4 is 16.4 Å². The Kier molecular flexibility index (Phi) is 5.21. The lowest BCUT2D eigenvalue weighted by Crippen LogP contribution is -2.35. The summed E-state index contributed by atoms with van der Waals surface area (Å²) < 4.78 is 0. The number of hydrogen-bond acceptors (Lipinski definition) is 4. The first kappa shape index (κ1) is 14.6. The minimum atomic E-state index is 0.236. The molecule has 20 heavy (non-hydrogen) atoms. The van der Waals surface area contributed by atoms with Gasteiger partial charge in [0, 0.05) is 19.0 Å². The van der Waals surface area contributed by atoms with E-state index in [1.54, 1.807) is 0 Å². The summed E-state index contributed by atoms with van der Waals surface area (Å²) in [6.45, 7) is 3.53. The monoisotopic (exact) mass is 276 g/mol. The highest BCUT2D eigenvalue weighted by Crippen LogP contribution is 2.26. The van der Waals surface area contributed by atoms with Crippen molar-refractivity contribution in [3.05, 3.63) is 17.8 Å². The fourth-order valence-corrected chi connectivity index (χ4v) is 2.16. The topological polar surface area (TPSA) is 80.0 Å². The summed E-state index contributed by atoms with van der Waals surface area (Å²) in [6, 6.07) is 3.75. The van der Waals surface area contributed by atoms with Crippen LogP contribution >= 0.6 is 0 Å². The highest BCUT2D eigenvalue weighted by atomic mass is 16.1. The van der Waals surface area contributed by atoms with E-state index in [4.69, 9.17) is 5.73 Å². The maximum atomic E-state index is 11.6. The zero-order valence-electron chi connectivity index (χ0n) is 12.1. The number of anilines is 2. The average Bonchev–Trinajstić information content (AvgIpc) is 2.35. The van der Waals surface area contributed by atoms with Crippen LogP contribution in [0.15, 0.2) is 12.1 Å². The van der Waals surface area contributed by atoms with Crippen molar-refractivity contribution in [1.82, 2.24) is 10.3 Å². The van der Waals surface area contributed by atoms with E-state index < -0.39 is 0 Å². The number of carbonyl (C=O) groups excluding carboxylic acids is 1. The van der Waals surface area contributed by atoms with Crippen molar-refractivity contribution < 1.29 is 4.79 Å². The lowest BCUT2D eigenvalue weighted by Gasteiger charge is -2.23. The van der Waals surface area contributed by atoms with Crippen LogP contribution in [0, 0.1) is 12.8 Å². The smallest absolute Gasteiger partial charge is 0.223 e. The Morgan fingerprint density at radius 1 is 1.35 bits per heavy atom. The highest BCUT2D eigenvalue weighted by Gasteiger charge is 2.24. The summed E-state index contributed by atoms with van der Waals surface area (Å²) in [5, 5.41) is 6.27. The standard InChI is InChI=1S/C15H24N4O/c1-11-13(16)7-8-14(19-11)17-9-2-3-10-18-15(20)12-5-4-6-12/h7-8,12H,2-6,9-10,16H2,1H3,(H,17,19)(H,18,20). The molecular formula is C15H24N4O. The molecule has 0 aliphatic heterocycles. The number of aromatic nitrogens is 1. The molecule has 110 valence electrons. The molecule has 0 unspecified atom stereocenters. The van der Waals surface area contributed by atoms with Crippen molar-refractivity contribution >= 4 is 17.4 Å². The Bertz CT molecular complexity index is 457. The SMILES string of the molecule is Cc1nc(NCCCCNC(=O)C2CCC2)ccc1N. The Labute approximate surface area is 120 Å². The molecule has 0 bridgehead atoms. The third-order valence-electron chi connectivity index (χ3n) is 3.81. The van der Waals surface area contributed by atoms with Gasteiger partial charge in [-0.3, -0.25) is 4.79 Å². The molecule has 0 radical (unpaired) electrons.